The van der Waals surface area contributed by atoms with Gasteiger partial charge in [0.2, 0.25) is 11.8 Å². The van der Waals surface area contributed by atoms with Gasteiger partial charge in [0.25, 0.3) is 0 Å². The van der Waals surface area contributed by atoms with E-state index >= 15 is 0 Å². The van der Waals surface area contributed by atoms with Gasteiger partial charge in [-0.3, -0.25) is 9.59 Å². The molecule has 0 saturated heterocycles. The highest BCUT2D eigenvalue weighted by Gasteiger charge is 2.40. The Bertz CT molecular complexity index is 800. The molecular formula is C20H21FN2O2. The van der Waals surface area contributed by atoms with Crippen molar-refractivity contribution in [3.05, 3.63) is 65.5 Å². The van der Waals surface area contributed by atoms with Crippen molar-refractivity contribution < 1.29 is 14.0 Å². The fourth-order valence-electron chi connectivity index (χ4n) is 2.98. The number of rotatable bonds is 3. The number of halogens is 1. The average Bonchev–Trinajstić information content (AvgIpc) is 2.62. The van der Waals surface area contributed by atoms with E-state index in [2.05, 4.69) is 11.4 Å². The van der Waals surface area contributed by atoms with E-state index in [9.17, 15) is 14.0 Å². The monoisotopic (exact) mass is 340 g/mol. The fourth-order valence-corrected chi connectivity index (χ4v) is 2.98. The number of fused-ring (bicyclic) bond motifs is 1. The highest BCUT2D eigenvalue weighted by Crippen LogP contribution is 2.26. The van der Waals surface area contributed by atoms with Crippen molar-refractivity contribution in [2.24, 2.45) is 5.41 Å². The number of carbonyl (C=O) groups excluding carboxylic acids is 2. The molecule has 1 N–H and O–H groups in total. The molecule has 0 radical (unpaired) electrons. The van der Waals surface area contributed by atoms with Crippen LogP contribution in [0.3, 0.4) is 0 Å². The van der Waals surface area contributed by atoms with Gasteiger partial charge in [0.1, 0.15) is 11.2 Å². The molecule has 1 aliphatic rings. The number of nitrogens with one attached hydrogen (secondary N) is 1. The molecule has 0 fully saturated rings. The summed E-state index contributed by atoms with van der Waals surface area (Å²) in [4.78, 5) is 27.2. The van der Waals surface area contributed by atoms with Gasteiger partial charge in [0.15, 0.2) is 0 Å². The number of amides is 2. The molecule has 25 heavy (non-hydrogen) atoms. The third-order valence-electron chi connectivity index (χ3n) is 4.62. The van der Waals surface area contributed by atoms with E-state index in [1.807, 2.05) is 18.2 Å². The summed E-state index contributed by atoms with van der Waals surface area (Å²) in [6.07, 6.45) is 0.789. The molecule has 0 bridgehead atoms. The first kappa shape index (κ1) is 17.1. The zero-order chi connectivity index (χ0) is 18.0. The minimum atomic E-state index is -1.21. The SMILES string of the molecule is CC(C)(C(=O)Nc1ccc(F)cc1)C(=O)N1CCc2ccccc2C1. The second kappa shape index (κ2) is 6.67. The molecule has 3 rings (SSSR count). The lowest BCUT2D eigenvalue weighted by molar-refractivity contribution is -0.147. The lowest BCUT2D eigenvalue weighted by Crippen LogP contribution is -2.48. The van der Waals surface area contributed by atoms with Crippen molar-refractivity contribution in [2.75, 3.05) is 11.9 Å². The lowest BCUT2D eigenvalue weighted by Gasteiger charge is -2.34. The van der Waals surface area contributed by atoms with Crippen LogP contribution in [0.1, 0.15) is 25.0 Å². The van der Waals surface area contributed by atoms with Crippen LogP contribution in [0, 0.1) is 11.2 Å². The van der Waals surface area contributed by atoms with E-state index in [0.29, 0.717) is 18.8 Å². The largest absolute Gasteiger partial charge is 0.337 e. The predicted octanol–water partition coefficient (Wildman–Crippen LogP) is 3.38. The first-order chi connectivity index (χ1) is 11.9. The quantitative estimate of drug-likeness (QED) is 0.871. The maximum absolute atomic E-state index is 13.0. The molecule has 2 amide bonds. The summed E-state index contributed by atoms with van der Waals surface area (Å²) in [6.45, 7) is 4.36. The van der Waals surface area contributed by atoms with Gasteiger partial charge in [-0.15, -0.1) is 0 Å². The molecular weight excluding hydrogens is 319 g/mol. The number of benzene rings is 2. The van der Waals surface area contributed by atoms with Crippen molar-refractivity contribution in [1.82, 2.24) is 4.90 Å². The van der Waals surface area contributed by atoms with E-state index in [1.54, 1.807) is 18.7 Å². The molecule has 1 aliphatic heterocycles. The van der Waals surface area contributed by atoms with Crippen LogP contribution in [0.5, 0.6) is 0 Å². The number of anilines is 1. The summed E-state index contributed by atoms with van der Waals surface area (Å²) in [7, 11) is 0. The maximum Gasteiger partial charge on any atom is 0.239 e. The summed E-state index contributed by atoms with van der Waals surface area (Å²) in [5.41, 5.74) is 1.63. The van der Waals surface area contributed by atoms with Crippen molar-refractivity contribution in [1.29, 1.82) is 0 Å². The number of hydrogen-bond donors (Lipinski definition) is 1. The second-order valence-corrected chi connectivity index (χ2v) is 6.83. The molecule has 2 aromatic carbocycles. The van der Waals surface area contributed by atoms with Crippen LogP contribution in [0.25, 0.3) is 0 Å². The van der Waals surface area contributed by atoms with Crippen molar-refractivity contribution >= 4 is 17.5 Å². The Kier molecular flexibility index (Phi) is 4.57. The van der Waals surface area contributed by atoms with E-state index in [-0.39, 0.29) is 11.7 Å². The Morgan fingerprint density at radius 1 is 1.04 bits per heavy atom. The molecule has 0 aliphatic carbocycles. The van der Waals surface area contributed by atoms with Crippen LogP contribution in [0.2, 0.25) is 0 Å². The molecule has 130 valence electrons. The van der Waals surface area contributed by atoms with Crippen molar-refractivity contribution in [2.45, 2.75) is 26.8 Å². The molecule has 0 saturated carbocycles. The molecule has 0 unspecified atom stereocenters. The van der Waals surface area contributed by atoms with Crippen molar-refractivity contribution in [3.63, 3.8) is 0 Å². The summed E-state index contributed by atoms with van der Waals surface area (Å²) in [5, 5.41) is 2.70. The summed E-state index contributed by atoms with van der Waals surface area (Å²) in [6, 6.07) is 13.5. The minimum absolute atomic E-state index is 0.207. The van der Waals surface area contributed by atoms with Gasteiger partial charge in [-0.1, -0.05) is 24.3 Å². The number of hydrogen-bond acceptors (Lipinski definition) is 2. The molecule has 2 aromatic rings. The summed E-state index contributed by atoms with van der Waals surface area (Å²) >= 11 is 0. The molecule has 0 atom stereocenters. The van der Waals surface area contributed by atoms with Crippen molar-refractivity contribution in [3.8, 4) is 0 Å². The molecule has 1 heterocycles. The third kappa shape index (κ3) is 3.55. The summed E-state index contributed by atoms with van der Waals surface area (Å²) in [5.74, 6) is -0.982. The molecule has 4 nitrogen and oxygen atoms in total. The first-order valence-corrected chi connectivity index (χ1v) is 8.31. The van der Waals surface area contributed by atoms with Gasteiger partial charge in [0, 0.05) is 18.8 Å². The maximum atomic E-state index is 13.0. The predicted molar refractivity (Wildman–Crippen MR) is 94.4 cm³/mol. The van der Waals surface area contributed by atoms with Crippen LogP contribution in [0.15, 0.2) is 48.5 Å². The van der Waals surface area contributed by atoms with E-state index < -0.39 is 11.3 Å². The van der Waals surface area contributed by atoms with Gasteiger partial charge in [-0.05, 0) is 55.7 Å². The molecule has 5 heteroatoms. The Labute approximate surface area is 146 Å². The Hall–Kier alpha value is -2.69. The van der Waals surface area contributed by atoms with Gasteiger partial charge in [0.05, 0.1) is 0 Å². The standard InChI is InChI=1S/C20H21FN2O2/c1-20(2,18(24)22-17-9-7-16(21)8-10-17)19(25)23-12-11-14-5-3-4-6-15(14)13-23/h3-10H,11-13H2,1-2H3,(H,22,24). The van der Waals surface area contributed by atoms with E-state index in [1.165, 1.54) is 29.8 Å². The Balaban J connectivity index is 1.72. The summed E-state index contributed by atoms with van der Waals surface area (Å²) < 4.78 is 13.0. The zero-order valence-corrected chi connectivity index (χ0v) is 14.4. The second-order valence-electron chi connectivity index (χ2n) is 6.83. The average molecular weight is 340 g/mol. The van der Waals surface area contributed by atoms with Crippen LogP contribution in [-0.4, -0.2) is 23.3 Å². The van der Waals surface area contributed by atoms with Crippen LogP contribution < -0.4 is 5.32 Å². The normalized spacial score (nSPS) is 14.0. The highest BCUT2D eigenvalue weighted by molar-refractivity contribution is 6.09. The van der Waals surface area contributed by atoms with Crippen LogP contribution in [0.4, 0.5) is 10.1 Å². The lowest BCUT2D eigenvalue weighted by atomic mass is 9.88. The number of carbonyl (C=O) groups is 2. The van der Waals surface area contributed by atoms with Gasteiger partial charge in [-0.25, -0.2) is 4.39 Å². The Morgan fingerprint density at radius 2 is 1.68 bits per heavy atom. The first-order valence-electron chi connectivity index (χ1n) is 8.31. The third-order valence-corrected chi connectivity index (χ3v) is 4.62. The zero-order valence-electron chi connectivity index (χ0n) is 14.4. The highest BCUT2D eigenvalue weighted by atomic mass is 19.1. The van der Waals surface area contributed by atoms with Gasteiger partial charge < -0.3 is 10.2 Å². The van der Waals surface area contributed by atoms with Crippen LogP contribution >= 0.6 is 0 Å². The minimum Gasteiger partial charge on any atom is -0.337 e. The van der Waals surface area contributed by atoms with E-state index in [0.717, 1.165) is 12.0 Å². The fraction of sp³-hybridized carbons (Fsp3) is 0.300. The van der Waals surface area contributed by atoms with Gasteiger partial charge in [-0.2, -0.15) is 0 Å². The number of nitrogens with zero attached hydrogens (tertiary/aromatic N) is 1. The van der Waals surface area contributed by atoms with Gasteiger partial charge >= 0.3 is 0 Å². The van der Waals surface area contributed by atoms with Crippen LogP contribution in [-0.2, 0) is 22.6 Å². The molecule has 0 spiro atoms. The smallest absolute Gasteiger partial charge is 0.239 e. The van der Waals surface area contributed by atoms with E-state index in [4.69, 9.17) is 0 Å². The topological polar surface area (TPSA) is 49.4 Å². The molecule has 0 aromatic heterocycles. The Morgan fingerprint density at radius 3 is 2.36 bits per heavy atom.